The number of hydrogen-bond acceptors (Lipinski definition) is 5. The van der Waals surface area contributed by atoms with E-state index in [0.717, 1.165) is 12.0 Å². The number of fused-ring (bicyclic) bond motifs is 1. The van der Waals surface area contributed by atoms with E-state index in [9.17, 15) is 4.79 Å². The van der Waals surface area contributed by atoms with Crippen LogP contribution in [0, 0.1) is 0 Å². The third-order valence-electron chi connectivity index (χ3n) is 3.00. The lowest BCUT2D eigenvalue weighted by Crippen LogP contribution is -2.19. The molecule has 0 amide bonds. The van der Waals surface area contributed by atoms with E-state index >= 15 is 0 Å². The molecule has 1 aliphatic heterocycles. The van der Waals surface area contributed by atoms with Gasteiger partial charge in [0.25, 0.3) is 0 Å². The number of ether oxygens (including phenoxy) is 3. The molecule has 0 spiro atoms. The Hall–Kier alpha value is -1.46. The first-order valence-electron chi connectivity index (χ1n) is 7.15. The zero-order valence-corrected chi connectivity index (χ0v) is 12.9. The lowest BCUT2D eigenvalue weighted by molar-refractivity contribution is -0.142. The first-order chi connectivity index (χ1) is 10.2. The third-order valence-corrected chi connectivity index (χ3v) is 3.28. The highest BCUT2D eigenvalue weighted by atomic mass is 35.5. The molecular formula is C15H20ClNO4. The Morgan fingerprint density at radius 2 is 2.19 bits per heavy atom. The van der Waals surface area contributed by atoms with Gasteiger partial charge in [0.2, 0.25) is 0 Å². The second-order valence-electron chi connectivity index (χ2n) is 4.69. The summed E-state index contributed by atoms with van der Waals surface area (Å²) in [4.78, 5) is 11.2. The van der Waals surface area contributed by atoms with Gasteiger partial charge in [-0.1, -0.05) is 11.6 Å². The van der Waals surface area contributed by atoms with Crippen molar-refractivity contribution in [3.8, 4) is 11.5 Å². The largest absolute Gasteiger partial charge is 0.489 e. The molecule has 5 nitrogen and oxygen atoms in total. The van der Waals surface area contributed by atoms with Crippen LogP contribution in [0.25, 0.3) is 0 Å². The molecule has 0 unspecified atom stereocenters. The number of rotatable bonds is 6. The molecule has 0 bridgehead atoms. The lowest BCUT2D eigenvalue weighted by Gasteiger charge is -2.12. The second kappa shape index (κ2) is 8.10. The molecule has 0 fully saturated rings. The van der Waals surface area contributed by atoms with Crippen molar-refractivity contribution >= 4 is 17.6 Å². The minimum Gasteiger partial charge on any atom is -0.489 e. The molecule has 1 heterocycles. The first-order valence-corrected chi connectivity index (χ1v) is 7.53. The van der Waals surface area contributed by atoms with E-state index in [1.165, 1.54) is 0 Å². The monoisotopic (exact) mass is 313 g/mol. The van der Waals surface area contributed by atoms with E-state index in [4.69, 9.17) is 25.8 Å². The summed E-state index contributed by atoms with van der Waals surface area (Å²) in [5, 5.41) is 3.74. The Kier molecular flexibility index (Phi) is 6.14. The summed E-state index contributed by atoms with van der Waals surface area (Å²) in [6, 6.07) is 3.77. The zero-order chi connectivity index (χ0) is 15.1. The fourth-order valence-corrected chi connectivity index (χ4v) is 2.33. The topological polar surface area (TPSA) is 56.8 Å². The van der Waals surface area contributed by atoms with Gasteiger partial charge in [-0.05, 0) is 24.6 Å². The Morgan fingerprint density at radius 3 is 3.00 bits per heavy atom. The van der Waals surface area contributed by atoms with Crippen molar-refractivity contribution in [3.63, 3.8) is 0 Å². The molecule has 116 valence electrons. The number of benzene rings is 1. The van der Waals surface area contributed by atoms with Crippen LogP contribution < -0.4 is 14.8 Å². The third kappa shape index (κ3) is 4.79. The van der Waals surface area contributed by atoms with Crippen molar-refractivity contribution in [1.82, 2.24) is 5.32 Å². The highest BCUT2D eigenvalue weighted by Crippen LogP contribution is 2.37. The van der Waals surface area contributed by atoms with Crippen LogP contribution in [0.1, 0.15) is 25.3 Å². The van der Waals surface area contributed by atoms with Crippen molar-refractivity contribution in [3.05, 3.63) is 22.7 Å². The normalized spacial score (nSPS) is 13.6. The second-order valence-corrected chi connectivity index (χ2v) is 5.09. The van der Waals surface area contributed by atoms with Gasteiger partial charge in [0.1, 0.15) is 0 Å². The molecule has 0 radical (unpaired) electrons. The molecule has 0 atom stereocenters. The van der Waals surface area contributed by atoms with Crippen molar-refractivity contribution in [1.29, 1.82) is 0 Å². The van der Waals surface area contributed by atoms with Crippen LogP contribution in [0.4, 0.5) is 0 Å². The van der Waals surface area contributed by atoms with E-state index < -0.39 is 0 Å². The van der Waals surface area contributed by atoms with Crippen LogP contribution in [0.2, 0.25) is 5.02 Å². The molecule has 6 heteroatoms. The maximum absolute atomic E-state index is 11.2. The molecule has 1 aromatic carbocycles. The quantitative estimate of drug-likeness (QED) is 0.646. The molecule has 0 aromatic heterocycles. The van der Waals surface area contributed by atoms with E-state index in [0.29, 0.717) is 55.9 Å². The van der Waals surface area contributed by atoms with Gasteiger partial charge >= 0.3 is 5.97 Å². The summed E-state index contributed by atoms with van der Waals surface area (Å²) in [5.74, 6) is 1.10. The number of nitrogens with one attached hydrogen (secondary N) is 1. The Morgan fingerprint density at radius 1 is 1.38 bits per heavy atom. The maximum Gasteiger partial charge on any atom is 0.307 e. The van der Waals surface area contributed by atoms with Gasteiger partial charge in [0.15, 0.2) is 11.5 Å². The van der Waals surface area contributed by atoms with Crippen LogP contribution in [-0.2, 0) is 16.1 Å². The van der Waals surface area contributed by atoms with Gasteiger partial charge in [0, 0.05) is 19.5 Å². The predicted molar refractivity (Wildman–Crippen MR) is 80.0 cm³/mol. The highest BCUT2D eigenvalue weighted by molar-refractivity contribution is 6.32. The molecule has 1 N–H and O–H groups in total. The summed E-state index contributed by atoms with van der Waals surface area (Å²) in [7, 11) is 0. The van der Waals surface area contributed by atoms with Crippen LogP contribution in [0.15, 0.2) is 12.1 Å². The summed E-state index contributed by atoms with van der Waals surface area (Å²) < 4.78 is 16.1. The first kappa shape index (κ1) is 15.9. The summed E-state index contributed by atoms with van der Waals surface area (Å²) >= 11 is 6.22. The minimum absolute atomic E-state index is 0.193. The summed E-state index contributed by atoms with van der Waals surface area (Å²) in [6.07, 6.45) is 1.20. The van der Waals surface area contributed by atoms with Gasteiger partial charge < -0.3 is 19.5 Å². The van der Waals surface area contributed by atoms with Gasteiger partial charge in [-0.3, -0.25) is 4.79 Å². The predicted octanol–water partition coefficient (Wildman–Crippen LogP) is 2.54. The van der Waals surface area contributed by atoms with E-state index in [1.54, 1.807) is 6.92 Å². The van der Waals surface area contributed by atoms with Gasteiger partial charge in [-0.2, -0.15) is 0 Å². The number of hydrogen-bond donors (Lipinski definition) is 1. The van der Waals surface area contributed by atoms with Gasteiger partial charge in [-0.25, -0.2) is 0 Å². The molecule has 1 aliphatic rings. The minimum atomic E-state index is -0.193. The highest BCUT2D eigenvalue weighted by Gasteiger charge is 2.15. The fraction of sp³-hybridized carbons (Fsp3) is 0.533. The van der Waals surface area contributed by atoms with Gasteiger partial charge in [0.05, 0.1) is 31.3 Å². The van der Waals surface area contributed by atoms with Crippen molar-refractivity contribution in [2.24, 2.45) is 0 Å². The van der Waals surface area contributed by atoms with Crippen molar-refractivity contribution in [2.45, 2.75) is 26.3 Å². The van der Waals surface area contributed by atoms with Crippen LogP contribution in [0.3, 0.4) is 0 Å². The number of halogens is 1. The number of carbonyl (C=O) groups is 1. The van der Waals surface area contributed by atoms with Crippen molar-refractivity contribution in [2.75, 3.05) is 26.4 Å². The van der Waals surface area contributed by atoms with Crippen molar-refractivity contribution < 1.29 is 19.0 Å². The average molecular weight is 314 g/mol. The molecule has 2 rings (SSSR count). The lowest BCUT2D eigenvalue weighted by atomic mass is 10.2. The Bertz CT molecular complexity index is 493. The standard InChI is InChI=1S/C15H20ClNO4/c1-2-19-14(18)4-5-17-10-11-8-12(16)15-13(9-11)20-6-3-7-21-15/h8-9,17H,2-7,10H2,1H3. The van der Waals surface area contributed by atoms with E-state index in [2.05, 4.69) is 5.32 Å². The zero-order valence-electron chi connectivity index (χ0n) is 12.1. The van der Waals surface area contributed by atoms with Crippen LogP contribution in [0.5, 0.6) is 11.5 Å². The molecule has 0 saturated carbocycles. The van der Waals surface area contributed by atoms with E-state index in [-0.39, 0.29) is 5.97 Å². The molecule has 0 saturated heterocycles. The van der Waals surface area contributed by atoms with Crippen LogP contribution in [-0.4, -0.2) is 32.3 Å². The maximum atomic E-state index is 11.2. The van der Waals surface area contributed by atoms with E-state index in [1.807, 2.05) is 12.1 Å². The summed E-state index contributed by atoms with van der Waals surface area (Å²) in [5.41, 5.74) is 0.994. The summed E-state index contributed by atoms with van der Waals surface area (Å²) in [6.45, 7) is 4.62. The average Bonchev–Trinajstić information content (AvgIpc) is 2.70. The fourth-order valence-electron chi connectivity index (χ4n) is 2.04. The number of esters is 1. The molecule has 0 aliphatic carbocycles. The molecular weight excluding hydrogens is 294 g/mol. The number of carbonyl (C=O) groups excluding carboxylic acids is 1. The smallest absolute Gasteiger partial charge is 0.307 e. The van der Waals surface area contributed by atoms with Gasteiger partial charge in [-0.15, -0.1) is 0 Å². The Balaban J connectivity index is 1.88. The molecule has 21 heavy (non-hydrogen) atoms. The Labute approximate surface area is 129 Å². The van der Waals surface area contributed by atoms with Crippen LogP contribution >= 0.6 is 11.6 Å². The molecule has 1 aromatic rings. The SMILES string of the molecule is CCOC(=O)CCNCc1cc(Cl)c2c(c1)OCCCO2.